The van der Waals surface area contributed by atoms with E-state index >= 15 is 0 Å². The Kier molecular flexibility index (Phi) is 5.36. The number of nitro groups is 1. The molecule has 1 aromatic carbocycles. The Balaban J connectivity index is 1.59. The molecular formula is C17H17BrN4O4. The third kappa shape index (κ3) is 4.10. The Bertz CT molecular complexity index is 873. The van der Waals surface area contributed by atoms with Crippen LogP contribution in [0.25, 0.3) is 0 Å². The van der Waals surface area contributed by atoms with Gasteiger partial charge >= 0.3 is 0 Å². The third-order valence-electron chi connectivity index (χ3n) is 4.31. The molecule has 9 heteroatoms. The van der Waals surface area contributed by atoms with Crippen molar-refractivity contribution in [1.82, 2.24) is 9.47 Å². The van der Waals surface area contributed by atoms with Gasteiger partial charge in [0.2, 0.25) is 5.91 Å². The summed E-state index contributed by atoms with van der Waals surface area (Å²) >= 11 is 3.30. The summed E-state index contributed by atoms with van der Waals surface area (Å²) in [5, 5.41) is 10.7. The Hall–Kier alpha value is -2.68. The first kappa shape index (κ1) is 18.1. The van der Waals surface area contributed by atoms with Crippen LogP contribution in [0.1, 0.15) is 0 Å². The molecule has 8 nitrogen and oxygen atoms in total. The van der Waals surface area contributed by atoms with Gasteiger partial charge in [-0.3, -0.25) is 19.7 Å². The number of anilines is 1. The first-order valence-electron chi connectivity index (χ1n) is 8.07. The average molecular weight is 421 g/mol. The highest BCUT2D eigenvalue weighted by Crippen LogP contribution is 2.20. The second-order valence-electron chi connectivity index (χ2n) is 5.95. The maximum absolute atomic E-state index is 12.5. The van der Waals surface area contributed by atoms with Crippen LogP contribution in [-0.4, -0.2) is 46.5 Å². The fourth-order valence-corrected chi connectivity index (χ4v) is 3.25. The van der Waals surface area contributed by atoms with E-state index in [1.165, 1.54) is 22.8 Å². The molecule has 0 aliphatic carbocycles. The van der Waals surface area contributed by atoms with Crippen LogP contribution < -0.4 is 10.5 Å². The number of pyridine rings is 1. The van der Waals surface area contributed by atoms with Gasteiger partial charge in [0.1, 0.15) is 6.54 Å². The van der Waals surface area contributed by atoms with E-state index in [1.807, 2.05) is 0 Å². The summed E-state index contributed by atoms with van der Waals surface area (Å²) in [6.07, 6.45) is 1.60. The van der Waals surface area contributed by atoms with Gasteiger partial charge in [0.05, 0.1) is 4.92 Å². The molecule has 1 fully saturated rings. The van der Waals surface area contributed by atoms with Crippen LogP contribution in [0.4, 0.5) is 11.4 Å². The van der Waals surface area contributed by atoms with Crippen LogP contribution in [0.5, 0.6) is 0 Å². The Labute approximate surface area is 157 Å². The fourth-order valence-electron chi connectivity index (χ4n) is 2.87. The average Bonchev–Trinajstić information content (AvgIpc) is 2.65. The molecule has 0 atom stereocenters. The number of rotatable bonds is 4. The van der Waals surface area contributed by atoms with E-state index in [2.05, 4.69) is 20.8 Å². The predicted molar refractivity (Wildman–Crippen MR) is 100 cm³/mol. The van der Waals surface area contributed by atoms with Crippen LogP contribution in [0, 0.1) is 10.1 Å². The molecule has 0 saturated carbocycles. The Morgan fingerprint density at radius 2 is 1.73 bits per heavy atom. The first-order valence-corrected chi connectivity index (χ1v) is 8.86. The molecule has 136 valence electrons. The van der Waals surface area contributed by atoms with Crippen LogP contribution >= 0.6 is 15.9 Å². The number of benzene rings is 1. The first-order chi connectivity index (χ1) is 12.4. The molecule has 0 N–H and O–H groups in total. The van der Waals surface area contributed by atoms with E-state index in [9.17, 15) is 19.7 Å². The van der Waals surface area contributed by atoms with Crippen LogP contribution in [0.2, 0.25) is 0 Å². The molecule has 0 radical (unpaired) electrons. The number of amides is 1. The summed E-state index contributed by atoms with van der Waals surface area (Å²) in [5.74, 6) is -0.103. The normalized spacial score (nSPS) is 14.3. The standard InChI is InChI=1S/C17H17BrN4O4/c18-13-1-6-16(23)21(11-13)12-17(24)20-9-7-19(8-10-20)14-2-4-15(5-3-14)22(25)26/h1-6,11H,7-10,12H2. The quantitative estimate of drug-likeness (QED) is 0.556. The predicted octanol–water partition coefficient (Wildman–Crippen LogP) is 1.87. The molecule has 2 aromatic rings. The van der Waals surface area contributed by atoms with Gasteiger partial charge in [0.25, 0.3) is 11.2 Å². The molecular weight excluding hydrogens is 404 g/mol. The molecule has 0 unspecified atom stereocenters. The third-order valence-corrected chi connectivity index (χ3v) is 4.78. The highest BCUT2D eigenvalue weighted by molar-refractivity contribution is 9.10. The zero-order valence-corrected chi connectivity index (χ0v) is 15.5. The minimum Gasteiger partial charge on any atom is -0.368 e. The van der Waals surface area contributed by atoms with Gasteiger partial charge in [0, 0.05) is 60.7 Å². The molecule has 1 saturated heterocycles. The van der Waals surface area contributed by atoms with E-state index in [0.717, 1.165) is 10.2 Å². The smallest absolute Gasteiger partial charge is 0.269 e. The van der Waals surface area contributed by atoms with Crippen molar-refractivity contribution in [3.05, 3.63) is 67.5 Å². The number of halogens is 1. The number of non-ortho nitro benzene ring substituents is 1. The van der Waals surface area contributed by atoms with Gasteiger partial charge in [-0.2, -0.15) is 0 Å². The molecule has 3 rings (SSSR count). The number of nitro benzene ring substituents is 1. The van der Waals surface area contributed by atoms with Crippen molar-refractivity contribution < 1.29 is 9.72 Å². The van der Waals surface area contributed by atoms with Crippen LogP contribution in [-0.2, 0) is 11.3 Å². The van der Waals surface area contributed by atoms with Gasteiger partial charge in [-0.15, -0.1) is 0 Å². The SMILES string of the molecule is O=C(Cn1cc(Br)ccc1=O)N1CCN(c2ccc([N+](=O)[O-])cc2)CC1. The minimum atomic E-state index is -0.426. The molecule has 1 amide bonds. The lowest BCUT2D eigenvalue weighted by molar-refractivity contribution is -0.384. The number of hydrogen-bond acceptors (Lipinski definition) is 5. The molecule has 0 bridgehead atoms. The molecule has 1 aromatic heterocycles. The summed E-state index contributed by atoms with van der Waals surface area (Å²) in [7, 11) is 0. The van der Waals surface area contributed by atoms with Crippen molar-refractivity contribution in [1.29, 1.82) is 0 Å². The molecule has 26 heavy (non-hydrogen) atoms. The number of piperazine rings is 1. The number of carbonyl (C=O) groups excluding carboxylic acids is 1. The zero-order valence-electron chi connectivity index (χ0n) is 13.9. The maximum Gasteiger partial charge on any atom is 0.269 e. The van der Waals surface area contributed by atoms with Crippen molar-refractivity contribution in [2.24, 2.45) is 0 Å². The lowest BCUT2D eigenvalue weighted by Gasteiger charge is -2.36. The number of carbonyl (C=O) groups is 1. The molecule has 2 heterocycles. The van der Waals surface area contributed by atoms with E-state index < -0.39 is 4.92 Å². The summed E-state index contributed by atoms with van der Waals surface area (Å²) in [4.78, 5) is 38.4. The van der Waals surface area contributed by atoms with Gasteiger partial charge in [0.15, 0.2) is 0 Å². The van der Waals surface area contributed by atoms with Crippen molar-refractivity contribution in [2.75, 3.05) is 31.1 Å². The second kappa shape index (κ2) is 7.69. The van der Waals surface area contributed by atoms with Crippen molar-refractivity contribution in [2.45, 2.75) is 6.54 Å². The lowest BCUT2D eigenvalue weighted by atomic mass is 10.2. The lowest BCUT2D eigenvalue weighted by Crippen LogP contribution is -2.50. The summed E-state index contributed by atoms with van der Waals surface area (Å²) in [6.45, 7) is 2.36. The van der Waals surface area contributed by atoms with Gasteiger partial charge in [-0.05, 0) is 34.1 Å². The molecule has 0 spiro atoms. The number of aromatic nitrogens is 1. The summed E-state index contributed by atoms with van der Waals surface area (Å²) in [6, 6.07) is 9.46. The van der Waals surface area contributed by atoms with Crippen molar-refractivity contribution in [3.63, 3.8) is 0 Å². The zero-order chi connectivity index (χ0) is 18.7. The highest BCUT2D eigenvalue weighted by atomic mass is 79.9. The van der Waals surface area contributed by atoms with E-state index in [4.69, 9.17) is 0 Å². The monoisotopic (exact) mass is 420 g/mol. The second-order valence-corrected chi connectivity index (χ2v) is 6.87. The Morgan fingerprint density at radius 1 is 1.08 bits per heavy atom. The summed E-state index contributed by atoms with van der Waals surface area (Å²) in [5.41, 5.74) is 0.735. The van der Waals surface area contributed by atoms with Crippen LogP contribution in [0.15, 0.2) is 51.9 Å². The fraction of sp³-hybridized carbons (Fsp3) is 0.294. The van der Waals surface area contributed by atoms with Gasteiger partial charge in [-0.25, -0.2) is 0 Å². The van der Waals surface area contributed by atoms with Crippen LogP contribution in [0.3, 0.4) is 0 Å². The Morgan fingerprint density at radius 3 is 2.35 bits per heavy atom. The topological polar surface area (TPSA) is 88.7 Å². The van der Waals surface area contributed by atoms with Crippen molar-refractivity contribution in [3.8, 4) is 0 Å². The van der Waals surface area contributed by atoms with Crippen molar-refractivity contribution >= 4 is 33.2 Å². The largest absolute Gasteiger partial charge is 0.368 e. The molecule has 1 aliphatic rings. The minimum absolute atomic E-state index is 0.00973. The van der Waals surface area contributed by atoms with E-state index in [-0.39, 0.29) is 23.7 Å². The van der Waals surface area contributed by atoms with E-state index in [0.29, 0.717) is 26.2 Å². The summed E-state index contributed by atoms with van der Waals surface area (Å²) < 4.78 is 2.13. The van der Waals surface area contributed by atoms with Gasteiger partial charge < -0.3 is 14.4 Å². The number of nitrogens with zero attached hydrogens (tertiary/aromatic N) is 4. The number of hydrogen-bond donors (Lipinski definition) is 0. The highest BCUT2D eigenvalue weighted by Gasteiger charge is 2.22. The van der Waals surface area contributed by atoms with Gasteiger partial charge in [-0.1, -0.05) is 0 Å². The van der Waals surface area contributed by atoms with E-state index in [1.54, 1.807) is 29.3 Å². The molecule has 1 aliphatic heterocycles. The maximum atomic E-state index is 12.5.